The molecule has 2 aliphatic heterocycles. The topological polar surface area (TPSA) is 22.6 Å². The van der Waals surface area contributed by atoms with Crippen LogP contribution in [-0.4, -0.2) is 61.1 Å². The van der Waals surface area contributed by atoms with Crippen LogP contribution in [0.1, 0.15) is 40.0 Å². The molecule has 4 nitrogen and oxygen atoms in total. The molecule has 2 aliphatic rings. The van der Waals surface area contributed by atoms with Gasteiger partial charge in [-0.3, -0.25) is 4.98 Å². The maximum atomic E-state index is 4.40. The molecule has 2 saturated heterocycles. The number of likely N-dealkylation sites (N-methyl/N-ethyl adjacent to an activating group) is 1. The molecule has 0 amide bonds. The third-order valence-corrected chi connectivity index (χ3v) is 6.29. The van der Waals surface area contributed by atoms with Crippen molar-refractivity contribution in [2.75, 3.05) is 51.2 Å². The lowest BCUT2D eigenvalue weighted by Crippen LogP contribution is -2.46. The van der Waals surface area contributed by atoms with Gasteiger partial charge in [0.15, 0.2) is 0 Å². The SMILES string of the molecule is C#C.C=C.C=C(C1CCN(c2ccncc2)CC1)N1CCN(C)CC1.C\C=C/C=C\C(=C/CC)\C=C\C. The Balaban J connectivity index is 0.000000696. The van der Waals surface area contributed by atoms with Crippen molar-refractivity contribution in [1.82, 2.24) is 14.8 Å². The van der Waals surface area contributed by atoms with Gasteiger partial charge in [0.25, 0.3) is 0 Å². The molecule has 0 unspecified atom stereocenters. The second kappa shape index (κ2) is 21.9. The lowest BCUT2D eigenvalue weighted by Gasteiger charge is -2.41. The Kier molecular flexibility index (Phi) is 20.0. The van der Waals surface area contributed by atoms with Crippen LogP contribution >= 0.6 is 0 Å². The highest BCUT2D eigenvalue weighted by Crippen LogP contribution is 2.29. The number of hydrogen-bond donors (Lipinski definition) is 0. The minimum atomic E-state index is 0.659. The maximum absolute atomic E-state index is 4.40. The van der Waals surface area contributed by atoms with Crippen molar-refractivity contribution in [2.45, 2.75) is 40.0 Å². The van der Waals surface area contributed by atoms with Crippen molar-refractivity contribution in [2.24, 2.45) is 5.92 Å². The summed E-state index contributed by atoms with van der Waals surface area (Å²) in [4.78, 5) is 11.5. The molecule has 0 radical (unpaired) electrons. The third-order valence-electron chi connectivity index (χ3n) is 6.29. The van der Waals surface area contributed by atoms with Crippen molar-refractivity contribution in [3.05, 3.63) is 98.1 Å². The van der Waals surface area contributed by atoms with Gasteiger partial charge >= 0.3 is 0 Å². The van der Waals surface area contributed by atoms with E-state index in [1.807, 2.05) is 38.4 Å². The fraction of sp³-hybridized carbons (Fsp3) is 0.424. The molecule has 0 bridgehead atoms. The van der Waals surface area contributed by atoms with E-state index in [1.165, 1.54) is 29.8 Å². The van der Waals surface area contributed by atoms with Gasteiger partial charge < -0.3 is 14.7 Å². The summed E-state index contributed by atoms with van der Waals surface area (Å²) < 4.78 is 0. The Morgan fingerprint density at radius 2 is 1.54 bits per heavy atom. The first-order chi connectivity index (χ1) is 18.1. The average molecular weight is 503 g/mol. The van der Waals surface area contributed by atoms with E-state index < -0.39 is 0 Å². The van der Waals surface area contributed by atoms with Gasteiger partial charge in [0.2, 0.25) is 0 Å². The number of allylic oxidation sites excluding steroid dienone is 9. The number of nitrogens with zero attached hydrogens (tertiary/aromatic N) is 4. The van der Waals surface area contributed by atoms with Crippen LogP contribution in [0.25, 0.3) is 0 Å². The smallest absolute Gasteiger partial charge is 0.0397 e. The number of aromatic nitrogens is 1. The van der Waals surface area contributed by atoms with Crippen LogP contribution in [0.5, 0.6) is 0 Å². The fourth-order valence-corrected chi connectivity index (χ4v) is 4.28. The molecule has 37 heavy (non-hydrogen) atoms. The zero-order chi connectivity index (χ0) is 27.9. The van der Waals surface area contributed by atoms with Crippen molar-refractivity contribution in [1.29, 1.82) is 0 Å². The predicted octanol–water partition coefficient (Wildman–Crippen LogP) is 7.14. The minimum Gasteiger partial charge on any atom is -0.372 e. The summed E-state index contributed by atoms with van der Waals surface area (Å²) in [5.74, 6) is 0.659. The van der Waals surface area contributed by atoms with Crippen LogP contribution in [0, 0.1) is 18.8 Å². The van der Waals surface area contributed by atoms with Gasteiger partial charge in [-0.15, -0.1) is 26.0 Å². The van der Waals surface area contributed by atoms with Gasteiger partial charge in [-0.05, 0) is 57.9 Å². The highest BCUT2D eigenvalue weighted by atomic mass is 15.3. The van der Waals surface area contributed by atoms with E-state index in [-0.39, 0.29) is 0 Å². The van der Waals surface area contributed by atoms with Crippen molar-refractivity contribution in [3.63, 3.8) is 0 Å². The number of pyridine rings is 1. The molecule has 1 aromatic rings. The van der Waals surface area contributed by atoms with E-state index in [4.69, 9.17) is 0 Å². The maximum Gasteiger partial charge on any atom is 0.0397 e. The van der Waals surface area contributed by atoms with E-state index in [0.717, 1.165) is 45.7 Å². The van der Waals surface area contributed by atoms with E-state index in [0.29, 0.717) is 5.92 Å². The first kappa shape index (κ1) is 33.7. The van der Waals surface area contributed by atoms with E-state index in [1.54, 1.807) is 0 Å². The molecule has 2 fully saturated rings. The lowest BCUT2D eigenvalue weighted by atomic mass is 9.92. The Morgan fingerprint density at radius 1 is 0.946 bits per heavy atom. The zero-order valence-electron chi connectivity index (χ0n) is 23.9. The normalized spacial score (nSPS) is 17.0. The Labute approximate surface area is 228 Å². The summed E-state index contributed by atoms with van der Waals surface area (Å²) in [5, 5.41) is 0. The molecule has 202 valence electrons. The number of piperazine rings is 1. The van der Waals surface area contributed by atoms with Crippen LogP contribution in [0.4, 0.5) is 5.69 Å². The summed E-state index contributed by atoms with van der Waals surface area (Å²) in [7, 11) is 2.20. The van der Waals surface area contributed by atoms with Gasteiger partial charge in [0.1, 0.15) is 0 Å². The molecule has 0 saturated carbocycles. The molecule has 0 aliphatic carbocycles. The highest BCUT2D eigenvalue weighted by Gasteiger charge is 2.25. The van der Waals surface area contributed by atoms with Gasteiger partial charge in [0, 0.05) is 69.0 Å². The molecule has 0 aromatic carbocycles. The second-order valence-electron chi connectivity index (χ2n) is 8.75. The van der Waals surface area contributed by atoms with Gasteiger partial charge in [0.05, 0.1) is 0 Å². The molecule has 0 atom stereocenters. The minimum absolute atomic E-state index is 0.659. The highest BCUT2D eigenvalue weighted by molar-refractivity contribution is 5.45. The summed E-state index contributed by atoms with van der Waals surface area (Å²) in [6.45, 7) is 23.5. The number of terminal acetylenes is 1. The molecule has 3 heterocycles. The summed E-state index contributed by atoms with van der Waals surface area (Å²) in [6.07, 6.45) is 29.9. The number of hydrogen-bond acceptors (Lipinski definition) is 4. The fourth-order valence-electron chi connectivity index (χ4n) is 4.28. The molecule has 3 rings (SSSR count). The van der Waals surface area contributed by atoms with E-state index >= 15 is 0 Å². The third kappa shape index (κ3) is 13.6. The molecule has 0 N–H and O–H groups in total. The van der Waals surface area contributed by atoms with Gasteiger partial charge in [-0.25, -0.2) is 0 Å². The molecular weight excluding hydrogens is 452 g/mol. The quantitative estimate of drug-likeness (QED) is 0.224. The Bertz CT molecular complexity index is 847. The van der Waals surface area contributed by atoms with Crippen molar-refractivity contribution in [3.8, 4) is 12.8 Å². The van der Waals surface area contributed by atoms with E-state index in [2.05, 4.69) is 109 Å². The van der Waals surface area contributed by atoms with Crippen LogP contribution in [-0.2, 0) is 0 Å². The molecule has 4 heteroatoms. The van der Waals surface area contributed by atoms with Crippen LogP contribution in [0.3, 0.4) is 0 Å². The monoisotopic (exact) mass is 502 g/mol. The van der Waals surface area contributed by atoms with E-state index in [9.17, 15) is 0 Å². The van der Waals surface area contributed by atoms with Crippen molar-refractivity contribution < 1.29 is 0 Å². The zero-order valence-corrected chi connectivity index (χ0v) is 23.9. The predicted molar refractivity (Wildman–Crippen MR) is 166 cm³/mol. The summed E-state index contributed by atoms with van der Waals surface area (Å²) >= 11 is 0. The van der Waals surface area contributed by atoms with Crippen molar-refractivity contribution >= 4 is 5.69 Å². The molecule has 0 spiro atoms. The molecular formula is C33H50N4. The summed E-state index contributed by atoms with van der Waals surface area (Å²) in [5.41, 5.74) is 3.95. The number of piperidine rings is 1. The van der Waals surface area contributed by atoms with Gasteiger partial charge in [-0.1, -0.05) is 56.0 Å². The van der Waals surface area contributed by atoms with Crippen LogP contribution < -0.4 is 4.90 Å². The number of anilines is 1. The Morgan fingerprint density at radius 3 is 2.05 bits per heavy atom. The first-order valence-electron chi connectivity index (χ1n) is 13.3. The average Bonchev–Trinajstić information content (AvgIpc) is 2.96. The molecule has 1 aromatic heterocycles. The first-order valence-corrected chi connectivity index (χ1v) is 13.3. The van der Waals surface area contributed by atoms with Crippen LogP contribution in [0.2, 0.25) is 0 Å². The van der Waals surface area contributed by atoms with Gasteiger partial charge in [-0.2, -0.15) is 0 Å². The summed E-state index contributed by atoms with van der Waals surface area (Å²) in [6, 6.07) is 4.21. The lowest BCUT2D eigenvalue weighted by molar-refractivity contribution is 0.168. The standard InChI is InChI=1S/C17H26N4.C12H18.C2H4.C2H2/c1-15(20-13-11-19(2)12-14-20)16-5-9-21(10-6-16)17-3-7-18-8-4-17;1-4-7-8-11-12(9-5-2)10-6-3;2*1-2/h3-4,7-8,16H,1,5-6,9-14H2,2H3;4-5,7-11H,6H2,1-3H3;1-2H2;1-2H/b;7-4-,9-5+,11-8-,12-10-;;. The number of rotatable bonds is 7. The second-order valence-corrected chi connectivity index (χ2v) is 8.75. The van der Waals surface area contributed by atoms with Crippen LogP contribution in [0.15, 0.2) is 98.1 Å². The largest absolute Gasteiger partial charge is 0.372 e. The Hall–Kier alpha value is -3.29.